The average Bonchev–Trinajstić information content (AvgIpc) is 3.46. The van der Waals surface area contributed by atoms with Gasteiger partial charge in [-0.2, -0.15) is 15.2 Å². The largest absolute Gasteiger partial charge is 0.328 e. The number of fused-ring (bicyclic) bond motifs is 1. The number of ketones is 1. The van der Waals surface area contributed by atoms with Crippen molar-refractivity contribution in [2.45, 2.75) is 25.3 Å². The number of allylic oxidation sites excluding steroid dienone is 2. The first-order valence-electron chi connectivity index (χ1n) is 10.3. The van der Waals surface area contributed by atoms with E-state index in [1.54, 1.807) is 17.1 Å². The highest BCUT2D eigenvalue weighted by Gasteiger charge is 2.38. The van der Waals surface area contributed by atoms with Crippen LogP contribution in [0.5, 0.6) is 0 Å². The number of hydrogen-bond donors (Lipinski definition) is 1. The smallest absolute Gasteiger partial charge is 0.226 e. The molecule has 0 saturated carbocycles. The van der Waals surface area contributed by atoms with Crippen molar-refractivity contribution < 1.29 is 4.79 Å². The normalized spacial score (nSPS) is 17.8. The Morgan fingerprint density at radius 3 is 2.81 bits per heavy atom. The molecule has 1 atom stereocenters. The minimum atomic E-state index is -0.394. The molecule has 3 aromatic heterocycles. The minimum absolute atomic E-state index is 0.143. The maximum Gasteiger partial charge on any atom is 0.226 e. The summed E-state index contributed by atoms with van der Waals surface area (Å²) in [7, 11) is 0. The lowest BCUT2D eigenvalue weighted by molar-refractivity contribution is -0.116. The number of rotatable bonds is 3. The van der Waals surface area contributed by atoms with Crippen LogP contribution < -0.4 is 5.32 Å². The molecule has 0 fully saturated rings. The number of Topliss-reactive ketones (excluding diaryl/α,β-unsaturated/α-hetero) is 1. The van der Waals surface area contributed by atoms with E-state index < -0.39 is 6.04 Å². The second kappa shape index (κ2) is 7.02. The fraction of sp³-hybridized carbons (Fsp3) is 0.174. The van der Waals surface area contributed by atoms with Crippen molar-refractivity contribution in [2.75, 3.05) is 5.32 Å². The molecule has 4 heterocycles. The Morgan fingerprint density at radius 1 is 1.06 bits per heavy atom. The van der Waals surface area contributed by atoms with Crippen LogP contribution in [0.4, 0.5) is 5.95 Å². The number of nitrogens with one attached hydrogen (secondary N) is 1. The Hall–Kier alpha value is -4.07. The molecule has 4 aromatic rings. The molecule has 0 bridgehead atoms. The van der Waals surface area contributed by atoms with Gasteiger partial charge in [0, 0.05) is 47.4 Å². The van der Waals surface area contributed by atoms with Crippen LogP contribution in [0.3, 0.4) is 0 Å². The fourth-order valence-electron chi connectivity index (χ4n) is 4.41. The van der Waals surface area contributed by atoms with Crippen LogP contribution in [-0.2, 0) is 4.79 Å². The summed E-state index contributed by atoms with van der Waals surface area (Å²) in [5.41, 5.74) is 5.19. The standard InChI is InChI=1S/C23H19N7O/c31-19-10-4-9-18-20(19)22(30-23(27-18)25-14-26-30)17-13-29(16-7-2-1-3-8-16)28-21(17)15-6-5-11-24-12-15/h1-3,5-8,11-14,22H,4,9-10H2,(H,25,26,27)/t22-/m1/s1. The lowest BCUT2D eigenvalue weighted by Gasteiger charge is -2.31. The summed E-state index contributed by atoms with van der Waals surface area (Å²) in [5.74, 6) is 0.785. The molecule has 1 aliphatic heterocycles. The summed E-state index contributed by atoms with van der Waals surface area (Å²) in [6.07, 6.45) is 9.24. The van der Waals surface area contributed by atoms with Gasteiger partial charge in [-0.3, -0.25) is 9.78 Å². The third-order valence-electron chi connectivity index (χ3n) is 5.80. The van der Waals surface area contributed by atoms with Crippen molar-refractivity contribution in [3.05, 3.63) is 84.2 Å². The number of aromatic nitrogens is 6. The van der Waals surface area contributed by atoms with E-state index >= 15 is 0 Å². The molecule has 6 rings (SSSR count). The van der Waals surface area contributed by atoms with Crippen LogP contribution in [0.2, 0.25) is 0 Å². The van der Waals surface area contributed by atoms with Gasteiger partial charge in [0.1, 0.15) is 12.4 Å². The van der Waals surface area contributed by atoms with E-state index in [0.29, 0.717) is 12.4 Å². The zero-order chi connectivity index (χ0) is 20.8. The van der Waals surface area contributed by atoms with Gasteiger partial charge in [-0.05, 0) is 37.1 Å². The maximum atomic E-state index is 13.1. The predicted molar refractivity (Wildman–Crippen MR) is 114 cm³/mol. The molecular formula is C23H19N7O. The summed E-state index contributed by atoms with van der Waals surface area (Å²) < 4.78 is 3.64. The molecule has 1 aromatic carbocycles. The van der Waals surface area contributed by atoms with Crippen molar-refractivity contribution in [1.82, 2.24) is 29.5 Å². The summed E-state index contributed by atoms with van der Waals surface area (Å²) in [6.45, 7) is 0. The highest BCUT2D eigenvalue weighted by molar-refractivity contribution is 5.99. The molecular weight excluding hydrogens is 390 g/mol. The third-order valence-corrected chi connectivity index (χ3v) is 5.80. The molecule has 0 amide bonds. The minimum Gasteiger partial charge on any atom is -0.328 e. The van der Waals surface area contributed by atoms with Crippen molar-refractivity contribution in [2.24, 2.45) is 0 Å². The molecule has 0 unspecified atom stereocenters. The third kappa shape index (κ3) is 2.87. The van der Waals surface area contributed by atoms with Crippen molar-refractivity contribution >= 4 is 11.7 Å². The number of carbonyl (C=O) groups is 1. The van der Waals surface area contributed by atoms with Gasteiger partial charge in [-0.15, -0.1) is 0 Å². The van der Waals surface area contributed by atoms with E-state index in [1.807, 2.05) is 53.3 Å². The first-order valence-corrected chi connectivity index (χ1v) is 10.3. The van der Waals surface area contributed by atoms with Gasteiger partial charge in [0.25, 0.3) is 0 Å². The van der Waals surface area contributed by atoms with Crippen LogP contribution in [0.25, 0.3) is 16.9 Å². The van der Waals surface area contributed by atoms with E-state index in [4.69, 9.17) is 5.10 Å². The molecule has 2 aliphatic rings. The molecule has 31 heavy (non-hydrogen) atoms. The van der Waals surface area contributed by atoms with Gasteiger partial charge in [0.05, 0.1) is 11.4 Å². The molecule has 0 radical (unpaired) electrons. The van der Waals surface area contributed by atoms with E-state index in [2.05, 4.69) is 20.4 Å². The molecule has 8 heteroatoms. The van der Waals surface area contributed by atoms with Gasteiger partial charge in [0.15, 0.2) is 5.78 Å². The van der Waals surface area contributed by atoms with Crippen LogP contribution in [0.15, 0.2) is 78.7 Å². The van der Waals surface area contributed by atoms with Crippen LogP contribution in [0.1, 0.15) is 30.9 Å². The number of benzene rings is 1. The van der Waals surface area contributed by atoms with E-state index in [9.17, 15) is 4.79 Å². The maximum absolute atomic E-state index is 13.1. The lowest BCUT2D eigenvalue weighted by atomic mass is 9.85. The predicted octanol–water partition coefficient (Wildman–Crippen LogP) is 3.55. The Bertz CT molecular complexity index is 1300. The highest BCUT2D eigenvalue weighted by atomic mass is 16.1. The summed E-state index contributed by atoms with van der Waals surface area (Å²) >= 11 is 0. The van der Waals surface area contributed by atoms with E-state index in [1.165, 1.54) is 6.33 Å². The van der Waals surface area contributed by atoms with Gasteiger partial charge >= 0.3 is 0 Å². The van der Waals surface area contributed by atoms with Gasteiger partial charge in [-0.1, -0.05) is 18.2 Å². The number of para-hydroxylation sites is 1. The zero-order valence-electron chi connectivity index (χ0n) is 16.6. The van der Waals surface area contributed by atoms with Crippen LogP contribution >= 0.6 is 0 Å². The van der Waals surface area contributed by atoms with E-state index in [0.717, 1.165) is 46.6 Å². The Balaban J connectivity index is 1.61. The summed E-state index contributed by atoms with van der Waals surface area (Å²) in [5, 5.41) is 12.7. The zero-order valence-corrected chi connectivity index (χ0v) is 16.6. The summed E-state index contributed by atoms with van der Waals surface area (Å²) in [6, 6.07) is 13.4. The SMILES string of the molecule is O=C1CCCC2=C1[C@@H](c1cn(-c3ccccc3)nc1-c1cccnc1)n1ncnc1N2. The van der Waals surface area contributed by atoms with Crippen molar-refractivity contribution in [1.29, 1.82) is 0 Å². The van der Waals surface area contributed by atoms with Crippen molar-refractivity contribution in [3.8, 4) is 16.9 Å². The Labute approximate surface area is 178 Å². The number of hydrogen-bond acceptors (Lipinski definition) is 6. The molecule has 152 valence electrons. The number of pyridine rings is 1. The first kappa shape index (κ1) is 17.8. The van der Waals surface area contributed by atoms with Gasteiger partial charge in [0.2, 0.25) is 5.95 Å². The Morgan fingerprint density at radius 2 is 1.97 bits per heavy atom. The quantitative estimate of drug-likeness (QED) is 0.557. The first-order chi connectivity index (χ1) is 15.3. The average molecular weight is 409 g/mol. The topological polar surface area (TPSA) is 90.5 Å². The number of anilines is 1. The number of carbonyl (C=O) groups excluding carboxylic acids is 1. The molecule has 0 spiro atoms. The second-order valence-corrected chi connectivity index (χ2v) is 7.68. The van der Waals surface area contributed by atoms with Crippen molar-refractivity contribution in [3.63, 3.8) is 0 Å². The van der Waals surface area contributed by atoms with Gasteiger partial charge in [-0.25, -0.2) is 9.36 Å². The fourth-order valence-corrected chi connectivity index (χ4v) is 4.41. The molecule has 1 aliphatic carbocycles. The molecule has 8 nitrogen and oxygen atoms in total. The van der Waals surface area contributed by atoms with Crippen LogP contribution in [-0.4, -0.2) is 35.3 Å². The van der Waals surface area contributed by atoms with Gasteiger partial charge < -0.3 is 5.32 Å². The second-order valence-electron chi connectivity index (χ2n) is 7.68. The lowest BCUT2D eigenvalue weighted by Crippen LogP contribution is -2.31. The number of nitrogens with zero attached hydrogens (tertiary/aromatic N) is 6. The molecule has 1 N–H and O–H groups in total. The summed E-state index contributed by atoms with van der Waals surface area (Å²) in [4.78, 5) is 21.7. The highest BCUT2D eigenvalue weighted by Crippen LogP contribution is 2.42. The Kier molecular flexibility index (Phi) is 4.02. The monoisotopic (exact) mass is 409 g/mol. The van der Waals surface area contributed by atoms with Crippen LogP contribution in [0, 0.1) is 0 Å². The van der Waals surface area contributed by atoms with E-state index in [-0.39, 0.29) is 5.78 Å². The molecule has 0 saturated heterocycles.